The van der Waals surface area contributed by atoms with E-state index in [0.717, 1.165) is 0 Å². The first-order chi connectivity index (χ1) is 12.8. The molecule has 1 aromatic carbocycles. The largest absolute Gasteiger partial charge is 0.360 e. The van der Waals surface area contributed by atoms with Crippen molar-refractivity contribution in [1.82, 2.24) is 10.1 Å². The van der Waals surface area contributed by atoms with Crippen molar-refractivity contribution in [2.24, 2.45) is 5.92 Å². The Morgan fingerprint density at radius 2 is 2.04 bits per heavy atom. The summed E-state index contributed by atoms with van der Waals surface area (Å²) in [6, 6.07) is 5.51. The molecule has 2 amide bonds. The molecular weight excluding hydrogens is 376 g/mol. The Bertz CT molecular complexity index is 889. The summed E-state index contributed by atoms with van der Waals surface area (Å²) in [6.45, 7) is 2.36. The number of carbonyl (C=O) groups excluding carboxylic acids is 2. The first kappa shape index (κ1) is 18.8. The molecule has 1 N–H and O–H groups in total. The number of halogens is 1. The fourth-order valence-electron chi connectivity index (χ4n) is 3.01. The predicted molar refractivity (Wildman–Crippen MR) is 96.6 cm³/mol. The van der Waals surface area contributed by atoms with Crippen LogP contribution in [0.3, 0.4) is 0 Å². The average molecular weight is 393 g/mol. The summed E-state index contributed by atoms with van der Waals surface area (Å²) in [5.41, 5.74) is -0.334. The zero-order valence-electron chi connectivity index (χ0n) is 14.5. The lowest BCUT2D eigenvalue weighted by Gasteiger charge is -2.31. The second-order valence-electron chi connectivity index (χ2n) is 6.30. The number of nitro groups is 1. The van der Waals surface area contributed by atoms with Crippen molar-refractivity contribution in [3.05, 3.63) is 50.7 Å². The van der Waals surface area contributed by atoms with Gasteiger partial charge in [0, 0.05) is 36.2 Å². The fraction of sp³-hybridized carbons (Fsp3) is 0.353. The maximum Gasteiger partial charge on any atom is 0.282 e. The minimum atomic E-state index is -0.607. The van der Waals surface area contributed by atoms with Crippen LogP contribution in [0, 0.1) is 23.0 Å². The fourth-order valence-corrected chi connectivity index (χ4v) is 3.18. The molecule has 0 atom stereocenters. The molecule has 142 valence electrons. The molecule has 1 saturated heterocycles. The smallest absolute Gasteiger partial charge is 0.282 e. The van der Waals surface area contributed by atoms with E-state index < -0.39 is 10.8 Å². The number of rotatable bonds is 4. The lowest BCUT2D eigenvalue weighted by atomic mass is 9.95. The first-order valence-corrected chi connectivity index (χ1v) is 8.70. The summed E-state index contributed by atoms with van der Waals surface area (Å²) >= 11 is 5.89. The van der Waals surface area contributed by atoms with Crippen LogP contribution in [0.15, 0.2) is 28.8 Å². The van der Waals surface area contributed by atoms with Crippen LogP contribution in [0.5, 0.6) is 0 Å². The van der Waals surface area contributed by atoms with E-state index in [-0.39, 0.29) is 28.1 Å². The molecule has 10 heteroatoms. The van der Waals surface area contributed by atoms with Crippen molar-refractivity contribution in [3.8, 4) is 0 Å². The van der Waals surface area contributed by atoms with Crippen LogP contribution < -0.4 is 5.32 Å². The van der Waals surface area contributed by atoms with Crippen molar-refractivity contribution < 1.29 is 19.0 Å². The minimum Gasteiger partial charge on any atom is -0.360 e. The molecule has 0 spiro atoms. The number of nitrogens with zero attached hydrogens (tertiary/aromatic N) is 3. The number of carbonyl (C=O) groups is 2. The van der Waals surface area contributed by atoms with Gasteiger partial charge < -0.3 is 14.7 Å². The van der Waals surface area contributed by atoms with Gasteiger partial charge in [0.05, 0.1) is 4.92 Å². The number of hydrogen-bond donors (Lipinski definition) is 1. The van der Waals surface area contributed by atoms with Gasteiger partial charge in [0.1, 0.15) is 11.3 Å². The summed E-state index contributed by atoms with van der Waals surface area (Å²) in [6.07, 6.45) is 0.894. The van der Waals surface area contributed by atoms with Gasteiger partial charge in [-0.3, -0.25) is 19.7 Å². The third kappa shape index (κ3) is 4.25. The van der Waals surface area contributed by atoms with Crippen molar-refractivity contribution in [1.29, 1.82) is 0 Å². The molecule has 9 nitrogen and oxygen atoms in total. The Hall–Kier alpha value is -2.94. The normalized spacial score (nSPS) is 14.8. The summed E-state index contributed by atoms with van der Waals surface area (Å²) in [7, 11) is 0. The van der Waals surface area contributed by atoms with Crippen LogP contribution in [0.4, 0.5) is 11.5 Å². The van der Waals surface area contributed by atoms with Gasteiger partial charge in [-0.15, -0.1) is 0 Å². The monoisotopic (exact) mass is 392 g/mol. The number of aryl methyl sites for hydroxylation is 1. The van der Waals surface area contributed by atoms with Crippen LogP contribution in [-0.2, 0) is 4.79 Å². The highest BCUT2D eigenvalue weighted by Gasteiger charge is 2.31. The highest BCUT2D eigenvalue weighted by Crippen LogP contribution is 2.27. The van der Waals surface area contributed by atoms with Crippen LogP contribution in [-0.4, -0.2) is 39.9 Å². The number of nitrogens with one attached hydrogen (secondary N) is 1. The maximum atomic E-state index is 12.7. The summed E-state index contributed by atoms with van der Waals surface area (Å²) < 4.78 is 4.91. The third-order valence-corrected chi connectivity index (χ3v) is 4.65. The Morgan fingerprint density at radius 3 is 2.63 bits per heavy atom. The van der Waals surface area contributed by atoms with E-state index in [1.54, 1.807) is 13.0 Å². The quantitative estimate of drug-likeness (QED) is 0.631. The number of hydrogen-bond acceptors (Lipinski definition) is 6. The van der Waals surface area contributed by atoms with E-state index in [9.17, 15) is 19.7 Å². The minimum absolute atomic E-state index is 0.0477. The zero-order valence-corrected chi connectivity index (χ0v) is 15.2. The van der Waals surface area contributed by atoms with Crippen LogP contribution in [0.1, 0.15) is 29.0 Å². The second-order valence-corrected chi connectivity index (χ2v) is 6.73. The second kappa shape index (κ2) is 7.75. The first-order valence-electron chi connectivity index (χ1n) is 8.32. The van der Waals surface area contributed by atoms with E-state index >= 15 is 0 Å². The molecule has 0 saturated carbocycles. The van der Waals surface area contributed by atoms with Crippen LogP contribution in [0.2, 0.25) is 5.02 Å². The Morgan fingerprint density at radius 1 is 1.33 bits per heavy atom. The number of anilines is 1. The molecule has 1 aromatic heterocycles. The van der Waals surface area contributed by atoms with E-state index in [2.05, 4.69) is 10.5 Å². The lowest BCUT2D eigenvalue weighted by molar-refractivity contribution is -0.385. The summed E-state index contributed by atoms with van der Waals surface area (Å²) in [5, 5.41) is 17.8. The molecule has 1 aliphatic heterocycles. The average Bonchev–Trinajstić information content (AvgIpc) is 3.05. The van der Waals surface area contributed by atoms with Gasteiger partial charge >= 0.3 is 0 Å². The van der Waals surface area contributed by atoms with Gasteiger partial charge in [-0.2, -0.15) is 0 Å². The molecule has 2 aromatic rings. The Balaban J connectivity index is 1.63. The molecule has 0 aliphatic carbocycles. The van der Waals surface area contributed by atoms with Crippen LogP contribution in [0.25, 0.3) is 0 Å². The highest BCUT2D eigenvalue weighted by atomic mass is 35.5. The van der Waals surface area contributed by atoms with Crippen molar-refractivity contribution in [3.63, 3.8) is 0 Å². The Kier molecular flexibility index (Phi) is 5.41. The molecular formula is C17H17ClN4O5. The molecule has 0 unspecified atom stereocenters. The van der Waals surface area contributed by atoms with Crippen molar-refractivity contribution in [2.75, 3.05) is 18.4 Å². The number of benzene rings is 1. The molecule has 27 heavy (non-hydrogen) atoms. The van der Waals surface area contributed by atoms with E-state index in [1.807, 2.05) is 0 Å². The lowest BCUT2D eigenvalue weighted by Crippen LogP contribution is -2.41. The van der Waals surface area contributed by atoms with E-state index in [0.29, 0.717) is 37.5 Å². The predicted octanol–water partition coefficient (Wildman–Crippen LogP) is 3.04. The SMILES string of the molecule is Cc1cc(NC(=O)C2CCN(C(=O)c3cc(Cl)ccc3[N+](=O)[O-])CC2)no1. The third-order valence-electron chi connectivity index (χ3n) is 4.42. The topological polar surface area (TPSA) is 119 Å². The van der Waals surface area contributed by atoms with Crippen LogP contribution >= 0.6 is 11.6 Å². The number of nitro benzene ring substituents is 1. The summed E-state index contributed by atoms with van der Waals surface area (Å²) in [5.74, 6) is 0.0131. The van der Waals surface area contributed by atoms with Crippen molar-refractivity contribution in [2.45, 2.75) is 19.8 Å². The van der Waals surface area contributed by atoms with Gasteiger partial charge in [0.25, 0.3) is 11.6 Å². The Labute approximate surface area is 159 Å². The number of piperidine rings is 1. The molecule has 2 heterocycles. The van der Waals surface area contributed by atoms with Gasteiger partial charge in [-0.1, -0.05) is 16.8 Å². The molecule has 3 rings (SSSR count). The van der Waals surface area contributed by atoms with Gasteiger partial charge in [0.15, 0.2) is 5.82 Å². The number of amides is 2. The van der Waals surface area contributed by atoms with E-state index in [1.165, 1.54) is 23.1 Å². The summed E-state index contributed by atoms with van der Waals surface area (Å²) in [4.78, 5) is 37.1. The molecule has 1 fully saturated rings. The maximum absolute atomic E-state index is 12.7. The van der Waals surface area contributed by atoms with E-state index in [4.69, 9.17) is 16.1 Å². The standard InChI is InChI=1S/C17H17ClN4O5/c1-10-8-15(20-27-10)19-16(23)11-4-6-21(7-5-11)17(24)13-9-12(18)2-3-14(13)22(25)26/h2-3,8-9,11H,4-7H2,1H3,(H,19,20,23). The van der Waals surface area contributed by atoms with Gasteiger partial charge in [-0.25, -0.2) is 0 Å². The molecule has 1 aliphatic rings. The zero-order chi connectivity index (χ0) is 19.6. The number of aromatic nitrogens is 1. The van der Waals surface area contributed by atoms with Gasteiger partial charge in [-0.05, 0) is 31.9 Å². The van der Waals surface area contributed by atoms with Crippen molar-refractivity contribution >= 4 is 34.9 Å². The van der Waals surface area contributed by atoms with Gasteiger partial charge in [0.2, 0.25) is 5.91 Å². The number of likely N-dealkylation sites (tertiary alicyclic amines) is 1. The molecule has 0 radical (unpaired) electrons. The molecule has 0 bridgehead atoms. The highest BCUT2D eigenvalue weighted by molar-refractivity contribution is 6.31.